The summed E-state index contributed by atoms with van der Waals surface area (Å²) in [5, 5.41) is 10.3. The zero-order valence-corrected chi connectivity index (χ0v) is 7.64. The Kier molecular flexibility index (Phi) is 4.22. The number of hydrogen-bond acceptors (Lipinski definition) is 4. The molecule has 1 N–H and O–H groups in total. The Morgan fingerprint density at radius 3 is 2.55 bits per heavy atom. The minimum Gasteiger partial charge on any atom is -0.288 e. The average molecular weight is 177 g/mol. The molecule has 0 bridgehead atoms. The van der Waals surface area contributed by atoms with E-state index in [1.807, 2.05) is 0 Å². The van der Waals surface area contributed by atoms with Gasteiger partial charge in [0.05, 0.1) is 6.04 Å². The molecule has 0 aromatic carbocycles. The van der Waals surface area contributed by atoms with E-state index in [9.17, 15) is 5.21 Å². The van der Waals surface area contributed by atoms with Crippen LogP contribution in [0.5, 0.6) is 0 Å². The zero-order chi connectivity index (χ0) is 8.10. The van der Waals surface area contributed by atoms with Gasteiger partial charge in [-0.05, 0) is 12.8 Å². The van der Waals surface area contributed by atoms with E-state index in [2.05, 4.69) is 0 Å². The third-order valence-corrected chi connectivity index (χ3v) is 2.34. The summed E-state index contributed by atoms with van der Waals surface area (Å²) in [6.07, 6.45) is 7.61. The topological polar surface area (TPSA) is 32.7 Å². The van der Waals surface area contributed by atoms with Gasteiger partial charge in [-0.3, -0.25) is 5.21 Å². The lowest BCUT2D eigenvalue weighted by Gasteiger charge is -2.26. The SMILES string of the molecule is CSON(O)C1CCCCC1. The molecule has 0 unspecified atom stereocenters. The minimum absolute atomic E-state index is 0.219. The van der Waals surface area contributed by atoms with E-state index < -0.39 is 0 Å². The van der Waals surface area contributed by atoms with Crippen LogP contribution in [-0.2, 0) is 4.28 Å². The van der Waals surface area contributed by atoms with Crippen LogP contribution in [0.15, 0.2) is 0 Å². The lowest BCUT2D eigenvalue weighted by atomic mass is 9.96. The second kappa shape index (κ2) is 4.98. The normalized spacial score (nSPS) is 21.0. The summed E-state index contributed by atoms with van der Waals surface area (Å²) in [5.41, 5.74) is 0. The predicted molar refractivity (Wildman–Crippen MR) is 45.1 cm³/mol. The second-order valence-electron chi connectivity index (χ2n) is 2.84. The highest BCUT2D eigenvalue weighted by Crippen LogP contribution is 2.22. The molecule has 0 aromatic heterocycles. The Bertz CT molecular complexity index is 107. The number of nitrogens with zero attached hydrogens (tertiary/aromatic N) is 1. The standard InChI is InChI=1S/C7H15NO2S/c1-11-10-8(9)7-5-3-2-4-6-7/h7,9H,2-6H2,1H3. The summed E-state index contributed by atoms with van der Waals surface area (Å²) in [6.45, 7) is 0. The molecule has 1 aliphatic rings. The molecular weight excluding hydrogens is 162 g/mol. The summed E-state index contributed by atoms with van der Waals surface area (Å²) < 4.78 is 4.89. The van der Waals surface area contributed by atoms with Gasteiger partial charge in [0, 0.05) is 18.3 Å². The summed E-state index contributed by atoms with van der Waals surface area (Å²) in [6, 6.07) is 0.219. The zero-order valence-electron chi connectivity index (χ0n) is 6.82. The van der Waals surface area contributed by atoms with Crippen molar-refractivity contribution >= 4 is 12.0 Å². The first-order valence-corrected chi connectivity index (χ1v) is 5.18. The van der Waals surface area contributed by atoms with Crippen molar-refractivity contribution in [2.45, 2.75) is 38.1 Å². The van der Waals surface area contributed by atoms with Gasteiger partial charge in [-0.2, -0.15) is 0 Å². The van der Waals surface area contributed by atoms with Gasteiger partial charge in [-0.1, -0.05) is 24.5 Å². The van der Waals surface area contributed by atoms with Crippen molar-refractivity contribution < 1.29 is 9.49 Å². The summed E-state index contributed by atoms with van der Waals surface area (Å²) in [4.78, 5) is 0. The maximum atomic E-state index is 9.26. The quantitative estimate of drug-likeness (QED) is 0.529. The van der Waals surface area contributed by atoms with E-state index in [-0.39, 0.29) is 6.04 Å². The monoisotopic (exact) mass is 177 g/mol. The highest BCUT2D eigenvalue weighted by molar-refractivity contribution is 7.93. The van der Waals surface area contributed by atoms with Crippen molar-refractivity contribution in [2.75, 3.05) is 6.26 Å². The Balaban J connectivity index is 2.21. The Labute approximate surface area is 71.8 Å². The molecule has 0 radical (unpaired) electrons. The van der Waals surface area contributed by atoms with Crippen LogP contribution in [0.4, 0.5) is 0 Å². The molecule has 1 saturated carbocycles. The van der Waals surface area contributed by atoms with Crippen LogP contribution in [-0.4, -0.2) is 22.7 Å². The Hall–Kier alpha value is 0.230. The van der Waals surface area contributed by atoms with Crippen molar-refractivity contribution in [3.8, 4) is 0 Å². The first kappa shape index (κ1) is 9.32. The number of hydroxylamine groups is 2. The van der Waals surface area contributed by atoms with Crippen molar-refractivity contribution in [1.29, 1.82) is 0 Å². The fraction of sp³-hybridized carbons (Fsp3) is 1.00. The fourth-order valence-electron chi connectivity index (χ4n) is 1.44. The molecule has 3 nitrogen and oxygen atoms in total. The second-order valence-corrected chi connectivity index (χ2v) is 3.32. The van der Waals surface area contributed by atoms with E-state index in [4.69, 9.17) is 4.28 Å². The molecule has 66 valence electrons. The molecule has 4 heteroatoms. The van der Waals surface area contributed by atoms with E-state index in [0.717, 1.165) is 18.1 Å². The summed E-state index contributed by atoms with van der Waals surface area (Å²) in [7, 11) is 0. The van der Waals surface area contributed by atoms with Crippen molar-refractivity contribution in [2.24, 2.45) is 0 Å². The predicted octanol–water partition coefficient (Wildman–Crippen LogP) is 2.22. The molecule has 1 rings (SSSR count). The maximum absolute atomic E-state index is 9.26. The minimum atomic E-state index is 0.219. The molecule has 0 spiro atoms. The molecule has 0 atom stereocenters. The van der Waals surface area contributed by atoms with E-state index in [1.54, 1.807) is 6.26 Å². The smallest absolute Gasteiger partial charge is 0.0637 e. The lowest BCUT2D eigenvalue weighted by Crippen LogP contribution is -2.32. The largest absolute Gasteiger partial charge is 0.288 e. The van der Waals surface area contributed by atoms with E-state index >= 15 is 0 Å². The van der Waals surface area contributed by atoms with Gasteiger partial charge >= 0.3 is 0 Å². The third-order valence-electron chi connectivity index (χ3n) is 2.04. The molecule has 0 heterocycles. The first-order valence-electron chi connectivity index (χ1n) is 4.03. The average Bonchev–Trinajstić information content (AvgIpc) is 2.07. The van der Waals surface area contributed by atoms with Crippen LogP contribution in [0.3, 0.4) is 0 Å². The van der Waals surface area contributed by atoms with Gasteiger partial charge in [0.25, 0.3) is 0 Å². The van der Waals surface area contributed by atoms with Crippen LogP contribution in [0.25, 0.3) is 0 Å². The molecule has 11 heavy (non-hydrogen) atoms. The molecule has 0 aliphatic heterocycles. The molecule has 0 aromatic rings. The highest BCUT2D eigenvalue weighted by Gasteiger charge is 2.20. The summed E-state index contributed by atoms with van der Waals surface area (Å²) in [5.74, 6) is 0. The van der Waals surface area contributed by atoms with Gasteiger partial charge in [0.1, 0.15) is 0 Å². The van der Waals surface area contributed by atoms with E-state index in [0.29, 0.717) is 0 Å². The Morgan fingerprint density at radius 2 is 2.00 bits per heavy atom. The van der Waals surface area contributed by atoms with Crippen LogP contribution < -0.4 is 0 Å². The van der Waals surface area contributed by atoms with Crippen LogP contribution in [0.1, 0.15) is 32.1 Å². The van der Waals surface area contributed by atoms with Gasteiger partial charge in [0.2, 0.25) is 0 Å². The van der Waals surface area contributed by atoms with Crippen LogP contribution in [0, 0.1) is 0 Å². The molecular formula is C7H15NO2S. The van der Waals surface area contributed by atoms with Crippen molar-refractivity contribution in [3.05, 3.63) is 0 Å². The number of hydrogen-bond donors (Lipinski definition) is 1. The first-order chi connectivity index (χ1) is 5.34. The summed E-state index contributed by atoms with van der Waals surface area (Å²) >= 11 is 1.18. The van der Waals surface area contributed by atoms with Crippen LogP contribution >= 0.6 is 12.0 Å². The van der Waals surface area contributed by atoms with Crippen molar-refractivity contribution in [3.63, 3.8) is 0 Å². The molecule has 0 saturated heterocycles. The van der Waals surface area contributed by atoms with Gasteiger partial charge in [-0.15, -0.1) is 0 Å². The maximum Gasteiger partial charge on any atom is 0.0637 e. The molecule has 1 aliphatic carbocycles. The van der Waals surface area contributed by atoms with Gasteiger partial charge in [0.15, 0.2) is 0 Å². The number of rotatable bonds is 3. The third kappa shape index (κ3) is 2.99. The van der Waals surface area contributed by atoms with Crippen molar-refractivity contribution in [1.82, 2.24) is 5.23 Å². The van der Waals surface area contributed by atoms with Gasteiger partial charge in [-0.25, -0.2) is 4.28 Å². The lowest BCUT2D eigenvalue weighted by molar-refractivity contribution is -0.303. The Morgan fingerprint density at radius 1 is 1.36 bits per heavy atom. The molecule has 1 fully saturated rings. The fourth-order valence-corrected chi connectivity index (χ4v) is 1.71. The molecule has 0 amide bonds. The van der Waals surface area contributed by atoms with Gasteiger partial charge < -0.3 is 0 Å². The highest BCUT2D eigenvalue weighted by atomic mass is 32.2. The van der Waals surface area contributed by atoms with Crippen LogP contribution in [0.2, 0.25) is 0 Å². The van der Waals surface area contributed by atoms with E-state index in [1.165, 1.54) is 31.3 Å².